The van der Waals surface area contributed by atoms with Gasteiger partial charge < -0.3 is 15.8 Å². The highest BCUT2D eigenvalue weighted by Gasteiger charge is 2.25. The van der Waals surface area contributed by atoms with Crippen molar-refractivity contribution in [3.05, 3.63) is 45.3 Å². The zero-order valence-electron chi connectivity index (χ0n) is 12.0. The van der Waals surface area contributed by atoms with Crippen LogP contribution in [0.4, 0.5) is 15.5 Å². The van der Waals surface area contributed by atoms with Crippen molar-refractivity contribution in [2.45, 2.75) is 13.0 Å². The number of fused-ring (bicyclic) bond motifs is 1. The molecule has 23 heavy (non-hydrogen) atoms. The summed E-state index contributed by atoms with van der Waals surface area (Å²) < 4.78 is 5.37. The molecule has 1 aliphatic rings. The number of ether oxygens (including phenoxy) is 1. The lowest BCUT2D eigenvalue weighted by atomic mass is 10.1. The number of benzene rings is 1. The summed E-state index contributed by atoms with van der Waals surface area (Å²) in [6, 6.07) is 6.40. The quantitative estimate of drug-likeness (QED) is 0.792. The number of carbonyl (C=O) groups is 2. The van der Waals surface area contributed by atoms with Gasteiger partial charge in [-0.05, 0) is 24.1 Å². The predicted octanol–water partition coefficient (Wildman–Crippen LogP) is 3.22. The Kier molecular flexibility index (Phi) is 4.51. The van der Waals surface area contributed by atoms with E-state index in [0.717, 1.165) is 10.4 Å². The van der Waals surface area contributed by atoms with Crippen molar-refractivity contribution >= 4 is 45.6 Å². The summed E-state index contributed by atoms with van der Waals surface area (Å²) in [6.07, 6.45) is 0.609. The molecule has 120 valence electrons. The topological polar surface area (TPSA) is 93.5 Å². The smallest absolute Gasteiger partial charge is 0.324 e. The zero-order valence-corrected chi connectivity index (χ0v) is 13.6. The van der Waals surface area contributed by atoms with E-state index in [-0.39, 0.29) is 0 Å². The number of hydrogen-bond donors (Lipinski definition) is 3. The van der Waals surface area contributed by atoms with E-state index < -0.39 is 11.9 Å². The molecule has 0 aliphatic carbocycles. The van der Waals surface area contributed by atoms with Crippen LogP contribution in [0.25, 0.3) is 0 Å². The summed E-state index contributed by atoms with van der Waals surface area (Å²) in [5.74, 6) is -0.558. The fraction of sp³-hybridized carbons (Fsp3) is 0.200. The lowest BCUT2D eigenvalue weighted by Crippen LogP contribution is -2.22. The number of anilines is 2. The summed E-state index contributed by atoms with van der Waals surface area (Å²) in [5, 5.41) is 6.18. The normalized spacial score (nSPS) is 13.3. The number of nitrogens with two attached hydrogens (primary N) is 1. The minimum absolute atomic E-state index is 0.364. The Bertz CT molecular complexity index is 775. The van der Waals surface area contributed by atoms with Crippen LogP contribution in [0, 0.1) is 0 Å². The predicted molar refractivity (Wildman–Crippen MR) is 90.3 cm³/mol. The number of para-hydroxylation sites is 1. The lowest BCUT2D eigenvalue weighted by Gasteiger charge is -2.12. The molecule has 2 aromatic rings. The van der Waals surface area contributed by atoms with Crippen LogP contribution >= 0.6 is 22.9 Å². The largest absolute Gasteiger partial charge is 0.376 e. The van der Waals surface area contributed by atoms with Gasteiger partial charge in [0.25, 0.3) is 5.91 Å². The average molecular weight is 352 g/mol. The highest BCUT2D eigenvalue weighted by atomic mass is 35.5. The lowest BCUT2D eigenvalue weighted by molar-refractivity contribution is 0.0991. The van der Waals surface area contributed by atoms with Gasteiger partial charge >= 0.3 is 6.03 Å². The number of urea groups is 1. The van der Waals surface area contributed by atoms with Crippen molar-refractivity contribution in [3.63, 3.8) is 0 Å². The molecular weight excluding hydrogens is 338 g/mol. The molecule has 2 heterocycles. The molecule has 8 heteroatoms. The first-order chi connectivity index (χ1) is 11.1. The second kappa shape index (κ2) is 6.57. The third kappa shape index (κ3) is 3.31. The molecule has 4 N–H and O–H groups in total. The Balaban J connectivity index is 1.82. The van der Waals surface area contributed by atoms with Gasteiger partial charge in [0.1, 0.15) is 5.00 Å². The van der Waals surface area contributed by atoms with Gasteiger partial charge in [0.2, 0.25) is 0 Å². The Hall–Kier alpha value is -2.09. The summed E-state index contributed by atoms with van der Waals surface area (Å²) in [5.41, 5.74) is 7.18. The summed E-state index contributed by atoms with van der Waals surface area (Å²) >= 11 is 7.31. The van der Waals surface area contributed by atoms with Crippen LogP contribution in [0.5, 0.6) is 0 Å². The Morgan fingerprint density at radius 1 is 1.26 bits per heavy atom. The number of amides is 3. The van der Waals surface area contributed by atoms with Crippen LogP contribution in [0.3, 0.4) is 0 Å². The summed E-state index contributed by atoms with van der Waals surface area (Å²) in [7, 11) is 0. The zero-order chi connectivity index (χ0) is 16.4. The SMILES string of the molecule is NC(=O)c1c(NC(=O)Nc2ccccc2Cl)sc2c1CCOC2. The highest BCUT2D eigenvalue weighted by molar-refractivity contribution is 7.17. The maximum Gasteiger partial charge on any atom is 0.324 e. The maximum absolute atomic E-state index is 12.2. The van der Waals surface area contributed by atoms with E-state index in [1.165, 1.54) is 11.3 Å². The van der Waals surface area contributed by atoms with Gasteiger partial charge in [-0.25, -0.2) is 4.79 Å². The third-order valence-electron chi connectivity index (χ3n) is 3.42. The number of carbonyl (C=O) groups excluding carboxylic acids is 2. The first-order valence-corrected chi connectivity index (χ1v) is 8.10. The van der Waals surface area contributed by atoms with Crippen LogP contribution < -0.4 is 16.4 Å². The molecular formula is C15H14ClN3O3S. The number of nitrogens with one attached hydrogen (secondary N) is 2. The third-order valence-corrected chi connectivity index (χ3v) is 4.87. The van der Waals surface area contributed by atoms with E-state index in [0.29, 0.717) is 40.9 Å². The molecule has 1 aromatic carbocycles. The molecule has 3 rings (SSSR count). The van der Waals surface area contributed by atoms with Crippen LogP contribution in [-0.4, -0.2) is 18.5 Å². The molecule has 0 fully saturated rings. The van der Waals surface area contributed by atoms with Crippen LogP contribution in [0.2, 0.25) is 5.02 Å². The van der Waals surface area contributed by atoms with Crippen molar-refractivity contribution in [1.29, 1.82) is 0 Å². The van der Waals surface area contributed by atoms with E-state index in [1.54, 1.807) is 24.3 Å². The first-order valence-electron chi connectivity index (χ1n) is 6.91. The molecule has 0 unspecified atom stereocenters. The number of hydrogen-bond acceptors (Lipinski definition) is 4. The van der Waals surface area contributed by atoms with Gasteiger partial charge in [-0.2, -0.15) is 0 Å². The van der Waals surface area contributed by atoms with E-state index in [1.807, 2.05) is 0 Å². The molecule has 0 radical (unpaired) electrons. The van der Waals surface area contributed by atoms with Gasteiger partial charge in [-0.15, -0.1) is 11.3 Å². The van der Waals surface area contributed by atoms with Crippen molar-refractivity contribution in [3.8, 4) is 0 Å². The molecule has 3 amide bonds. The highest BCUT2D eigenvalue weighted by Crippen LogP contribution is 2.36. The van der Waals surface area contributed by atoms with E-state index in [4.69, 9.17) is 22.1 Å². The summed E-state index contributed by atoms with van der Waals surface area (Å²) in [4.78, 5) is 24.8. The maximum atomic E-state index is 12.2. The van der Waals surface area contributed by atoms with Gasteiger partial charge in [0.05, 0.1) is 29.5 Å². The summed E-state index contributed by atoms with van der Waals surface area (Å²) in [6.45, 7) is 0.962. The van der Waals surface area contributed by atoms with E-state index in [2.05, 4.69) is 10.6 Å². The molecule has 1 aromatic heterocycles. The molecule has 0 saturated heterocycles. The minimum atomic E-state index is -0.558. The van der Waals surface area contributed by atoms with E-state index >= 15 is 0 Å². The number of rotatable bonds is 3. The number of primary amides is 1. The molecule has 0 atom stereocenters. The average Bonchev–Trinajstić information content (AvgIpc) is 2.87. The van der Waals surface area contributed by atoms with Crippen molar-refractivity contribution in [2.75, 3.05) is 17.2 Å². The standard InChI is InChI=1S/C15H14ClN3O3S/c16-9-3-1-2-4-10(9)18-15(21)19-14-12(13(17)20)8-5-6-22-7-11(8)23-14/h1-4H,5-7H2,(H2,17,20)(H2,18,19,21). The van der Waals surface area contributed by atoms with Gasteiger partial charge in [0.15, 0.2) is 0 Å². The Morgan fingerprint density at radius 2 is 2.04 bits per heavy atom. The van der Waals surface area contributed by atoms with Crippen molar-refractivity contribution in [1.82, 2.24) is 0 Å². The Morgan fingerprint density at radius 3 is 2.78 bits per heavy atom. The molecule has 0 bridgehead atoms. The molecule has 1 aliphatic heterocycles. The first kappa shape index (κ1) is 15.8. The molecule has 0 saturated carbocycles. The van der Waals surface area contributed by atoms with Crippen molar-refractivity contribution < 1.29 is 14.3 Å². The second-order valence-electron chi connectivity index (χ2n) is 4.93. The van der Waals surface area contributed by atoms with Gasteiger partial charge in [-0.1, -0.05) is 23.7 Å². The van der Waals surface area contributed by atoms with Crippen molar-refractivity contribution in [2.24, 2.45) is 5.73 Å². The molecule has 6 nitrogen and oxygen atoms in total. The van der Waals surface area contributed by atoms with Gasteiger partial charge in [-0.3, -0.25) is 10.1 Å². The number of halogens is 1. The fourth-order valence-corrected chi connectivity index (χ4v) is 3.77. The fourth-order valence-electron chi connectivity index (χ4n) is 2.40. The Labute approximate surface area is 141 Å². The van der Waals surface area contributed by atoms with Crippen LogP contribution in [0.1, 0.15) is 20.8 Å². The second-order valence-corrected chi connectivity index (χ2v) is 6.45. The van der Waals surface area contributed by atoms with Crippen LogP contribution in [-0.2, 0) is 17.8 Å². The monoisotopic (exact) mass is 351 g/mol. The minimum Gasteiger partial charge on any atom is -0.376 e. The molecule has 0 spiro atoms. The van der Waals surface area contributed by atoms with Gasteiger partial charge in [0, 0.05) is 4.88 Å². The number of thiophene rings is 1. The van der Waals surface area contributed by atoms with E-state index in [9.17, 15) is 9.59 Å². The van der Waals surface area contributed by atoms with Crippen LogP contribution in [0.15, 0.2) is 24.3 Å².